The van der Waals surface area contributed by atoms with Crippen molar-refractivity contribution in [3.8, 4) is 0 Å². The maximum Gasteiger partial charge on any atom is 0.00382 e. The smallest absolute Gasteiger partial charge is 0.00382 e. The average Bonchev–Trinajstić information content (AvgIpc) is 2.20. The number of hydrogen-bond acceptors (Lipinski definition) is 2. The van der Waals surface area contributed by atoms with Crippen LogP contribution in [0.25, 0.3) is 0 Å². The predicted octanol–water partition coefficient (Wildman–Crippen LogP) is 3.08. The molecule has 0 saturated carbocycles. The summed E-state index contributed by atoms with van der Waals surface area (Å²) < 4.78 is 0. The quantitative estimate of drug-likeness (QED) is 0.697. The molecule has 0 aliphatic carbocycles. The zero-order valence-corrected chi connectivity index (χ0v) is 12.2. The summed E-state index contributed by atoms with van der Waals surface area (Å²) >= 11 is 0. The van der Waals surface area contributed by atoms with Crippen LogP contribution in [0.4, 0.5) is 0 Å². The van der Waals surface area contributed by atoms with Crippen LogP contribution in [-0.4, -0.2) is 48.6 Å². The first kappa shape index (κ1) is 17.3. The van der Waals surface area contributed by atoms with Gasteiger partial charge in [0.1, 0.15) is 0 Å². The minimum atomic E-state index is 0.676. The van der Waals surface area contributed by atoms with Crippen molar-refractivity contribution in [2.75, 3.05) is 26.7 Å². The second-order valence-corrected chi connectivity index (χ2v) is 4.47. The molecular formula is C13H32N2. The highest BCUT2D eigenvalue weighted by atomic mass is 15.1. The van der Waals surface area contributed by atoms with Crippen LogP contribution < -0.4 is 0 Å². The predicted molar refractivity (Wildman–Crippen MR) is 71.5 cm³/mol. The van der Waals surface area contributed by atoms with E-state index in [4.69, 9.17) is 0 Å². The lowest BCUT2D eigenvalue weighted by Gasteiger charge is -2.24. The van der Waals surface area contributed by atoms with Gasteiger partial charge in [-0.2, -0.15) is 0 Å². The molecule has 0 heterocycles. The molecule has 0 aromatic carbocycles. The Kier molecular flexibility index (Phi) is 12.1. The minimum absolute atomic E-state index is 0.676. The van der Waals surface area contributed by atoms with Gasteiger partial charge in [0, 0.05) is 12.1 Å². The first-order valence-corrected chi connectivity index (χ1v) is 6.34. The molecule has 0 amide bonds. The van der Waals surface area contributed by atoms with E-state index < -0.39 is 0 Å². The molecule has 94 valence electrons. The van der Waals surface area contributed by atoms with Crippen LogP contribution in [0.5, 0.6) is 0 Å². The van der Waals surface area contributed by atoms with Gasteiger partial charge in [0.15, 0.2) is 0 Å². The summed E-state index contributed by atoms with van der Waals surface area (Å²) in [5.74, 6) is 0. The maximum atomic E-state index is 2.38. The van der Waals surface area contributed by atoms with Crippen LogP contribution in [0.1, 0.15) is 48.5 Å². The van der Waals surface area contributed by atoms with Crippen LogP contribution in [0, 0.1) is 0 Å². The first-order valence-electron chi connectivity index (χ1n) is 6.34. The molecule has 0 aliphatic rings. The third-order valence-electron chi connectivity index (χ3n) is 2.97. The van der Waals surface area contributed by atoms with Crippen molar-refractivity contribution in [2.24, 2.45) is 0 Å². The molecule has 15 heavy (non-hydrogen) atoms. The van der Waals surface area contributed by atoms with Crippen molar-refractivity contribution in [3.63, 3.8) is 0 Å². The van der Waals surface area contributed by atoms with Crippen LogP contribution in [0.3, 0.4) is 0 Å². The van der Waals surface area contributed by atoms with E-state index in [1.807, 2.05) is 0 Å². The van der Waals surface area contributed by atoms with Gasteiger partial charge in [0.25, 0.3) is 0 Å². The lowest BCUT2D eigenvalue weighted by Crippen LogP contribution is -2.32. The zero-order chi connectivity index (χ0) is 12.4. The monoisotopic (exact) mass is 216 g/mol. The second kappa shape index (κ2) is 10.4. The Hall–Kier alpha value is -0.0800. The number of rotatable bonds is 5. The van der Waals surface area contributed by atoms with Crippen molar-refractivity contribution in [1.29, 1.82) is 0 Å². The van der Waals surface area contributed by atoms with Gasteiger partial charge >= 0.3 is 0 Å². The zero-order valence-electron chi connectivity index (χ0n) is 12.2. The van der Waals surface area contributed by atoms with E-state index in [2.05, 4.69) is 65.3 Å². The molecular weight excluding hydrogens is 184 g/mol. The Morgan fingerprint density at radius 2 is 1.00 bits per heavy atom. The Labute approximate surface area is 97.6 Å². The molecule has 0 atom stereocenters. The Bertz CT molecular complexity index is 104. The minimum Gasteiger partial charge on any atom is -0.304 e. The molecule has 0 aromatic rings. The lowest BCUT2D eigenvalue weighted by molar-refractivity contribution is 0.222. The highest BCUT2D eigenvalue weighted by Gasteiger charge is 2.04. The molecule has 0 aromatic heterocycles. The molecule has 0 N–H and O–H groups in total. The van der Waals surface area contributed by atoms with E-state index in [1.54, 1.807) is 0 Å². The fourth-order valence-electron chi connectivity index (χ4n) is 1.27. The highest BCUT2D eigenvalue weighted by molar-refractivity contribution is 4.60. The van der Waals surface area contributed by atoms with E-state index in [-0.39, 0.29) is 0 Å². The molecule has 0 saturated heterocycles. The van der Waals surface area contributed by atoms with Crippen LogP contribution >= 0.6 is 0 Å². The van der Waals surface area contributed by atoms with Crippen LogP contribution in [0.2, 0.25) is 0 Å². The molecule has 0 aliphatic heterocycles. The average molecular weight is 216 g/mol. The Balaban J connectivity index is 0. The number of hydrogen-bond donors (Lipinski definition) is 0. The number of nitrogens with zero attached hydrogens (tertiary/aromatic N) is 2. The fourth-order valence-corrected chi connectivity index (χ4v) is 1.27. The van der Waals surface area contributed by atoms with Crippen molar-refractivity contribution in [2.45, 2.75) is 60.5 Å². The van der Waals surface area contributed by atoms with Gasteiger partial charge in [0.05, 0.1) is 0 Å². The summed E-state index contributed by atoms with van der Waals surface area (Å²) in [6.07, 6.45) is 0. The SMILES string of the molecule is CC(C)N(C)C(C)C.CCN(CC)CC. The van der Waals surface area contributed by atoms with Gasteiger partial charge in [0.2, 0.25) is 0 Å². The standard InChI is InChI=1S/C7H17N.C6H15N/c1-6(2)8(5)7(3)4;1-4-7(5-2)6-3/h6-7H,1-5H3;4-6H2,1-3H3. The van der Waals surface area contributed by atoms with Crippen LogP contribution in [-0.2, 0) is 0 Å². The van der Waals surface area contributed by atoms with Crippen molar-refractivity contribution in [1.82, 2.24) is 9.80 Å². The fraction of sp³-hybridized carbons (Fsp3) is 1.00. The van der Waals surface area contributed by atoms with Gasteiger partial charge in [-0.1, -0.05) is 20.8 Å². The summed E-state index contributed by atoms with van der Waals surface area (Å²) in [5.41, 5.74) is 0. The first-order chi connectivity index (χ1) is 6.90. The van der Waals surface area contributed by atoms with Crippen LogP contribution in [0.15, 0.2) is 0 Å². The van der Waals surface area contributed by atoms with Gasteiger partial charge in [-0.3, -0.25) is 0 Å². The van der Waals surface area contributed by atoms with Crippen molar-refractivity contribution < 1.29 is 0 Å². The molecule has 0 radical (unpaired) electrons. The van der Waals surface area contributed by atoms with Gasteiger partial charge in [-0.25, -0.2) is 0 Å². The third-order valence-corrected chi connectivity index (χ3v) is 2.97. The van der Waals surface area contributed by atoms with E-state index in [0.717, 1.165) is 0 Å². The lowest BCUT2D eigenvalue weighted by atomic mass is 10.3. The van der Waals surface area contributed by atoms with Gasteiger partial charge in [-0.05, 0) is 54.4 Å². The maximum absolute atomic E-state index is 2.38. The Morgan fingerprint density at radius 1 is 0.733 bits per heavy atom. The molecule has 0 rings (SSSR count). The van der Waals surface area contributed by atoms with Crippen molar-refractivity contribution in [3.05, 3.63) is 0 Å². The summed E-state index contributed by atoms with van der Waals surface area (Å²) in [6, 6.07) is 1.35. The largest absolute Gasteiger partial charge is 0.304 e. The van der Waals surface area contributed by atoms with E-state index in [1.165, 1.54) is 19.6 Å². The molecule has 0 bridgehead atoms. The van der Waals surface area contributed by atoms with Gasteiger partial charge in [-0.15, -0.1) is 0 Å². The highest BCUT2D eigenvalue weighted by Crippen LogP contribution is 1.98. The summed E-state index contributed by atoms with van der Waals surface area (Å²) in [7, 11) is 2.15. The summed E-state index contributed by atoms with van der Waals surface area (Å²) in [5, 5.41) is 0. The van der Waals surface area contributed by atoms with E-state index in [9.17, 15) is 0 Å². The third kappa shape index (κ3) is 10.2. The van der Waals surface area contributed by atoms with E-state index in [0.29, 0.717) is 12.1 Å². The molecule has 2 heteroatoms. The summed E-state index contributed by atoms with van der Waals surface area (Å²) in [4.78, 5) is 4.71. The second-order valence-electron chi connectivity index (χ2n) is 4.47. The molecule has 0 spiro atoms. The van der Waals surface area contributed by atoms with Gasteiger partial charge < -0.3 is 9.80 Å². The van der Waals surface area contributed by atoms with E-state index >= 15 is 0 Å². The summed E-state index contributed by atoms with van der Waals surface area (Å²) in [6.45, 7) is 19.0. The Morgan fingerprint density at radius 3 is 1.00 bits per heavy atom. The topological polar surface area (TPSA) is 6.48 Å². The normalized spacial score (nSPS) is 11.2. The van der Waals surface area contributed by atoms with Crippen molar-refractivity contribution >= 4 is 0 Å². The molecule has 2 nitrogen and oxygen atoms in total. The molecule has 0 unspecified atom stereocenters. The molecule has 0 fully saturated rings.